The second-order valence-electron chi connectivity index (χ2n) is 7.84. The molecule has 0 aliphatic carbocycles. The number of imidazole rings is 1. The fourth-order valence-electron chi connectivity index (χ4n) is 3.86. The summed E-state index contributed by atoms with van der Waals surface area (Å²) in [6, 6.07) is 11.2. The first-order valence-electron chi connectivity index (χ1n) is 10.7. The van der Waals surface area contributed by atoms with Gasteiger partial charge in [0.1, 0.15) is 18.0 Å². The van der Waals surface area contributed by atoms with Gasteiger partial charge >= 0.3 is 5.97 Å². The van der Waals surface area contributed by atoms with Gasteiger partial charge in [-0.2, -0.15) is 0 Å². The number of carbonyl (C=O) groups excluding carboxylic acids is 2. The number of piperidine rings is 1. The van der Waals surface area contributed by atoms with Gasteiger partial charge in [0.15, 0.2) is 0 Å². The lowest BCUT2D eigenvalue weighted by Gasteiger charge is -2.31. The molecule has 0 saturated carbocycles. The van der Waals surface area contributed by atoms with Gasteiger partial charge < -0.3 is 18.8 Å². The lowest BCUT2D eigenvalue weighted by Crippen LogP contribution is -2.40. The van der Waals surface area contributed by atoms with Crippen LogP contribution in [0.5, 0.6) is 5.75 Å². The van der Waals surface area contributed by atoms with Crippen molar-refractivity contribution in [3.63, 3.8) is 0 Å². The first-order chi connectivity index (χ1) is 15.0. The van der Waals surface area contributed by atoms with Crippen molar-refractivity contribution in [1.29, 1.82) is 0 Å². The van der Waals surface area contributed by atoms with E-state index in [1.807, 2.05) is 54.9 Å². The first-order valence-corrected chi connectivity index (χ1v) is 10.7. The third-order valence-electron chi connectivity index (χ3n) is 5.52. The number of carbonyl (C=O) groups is 2. The van der Waals surface area contributed by atoms with Crippen molar-refractivity contribution in [1.82, 2.24) is 14.3 Å². The fraction of sp³-hybridized carbons (Fsp3) is 0.375. The number of hydrogen-bond donors (Lipinski definition) is 0. The van der Waals surface area contributed by atoms with Crippen molar-refractivity contribution < 1.29 is 19.1 Å². The predicted octanol–water partition coefficient (Wildman–Crippen LogP) is 3.64. The van der Waals surface area contributed by atoms with Crippen LogP contribution in [0, 0.1) is 12.8 Å². The van der Waals surface area contributed by atoms with Crippen molar-refractivity contribution in [3.05, 3.63) is 65.6 Å². The number of likely N-dealkylation sites (tertiary alicyclic amines) is 1. The van der Waals surface area contributed by atoms with Crippen LogP contribution in [0.4, 0.5) is 0 Å². The van der Waals surface area contributed by atoms with Crippen LogP contribution in [0.2, 0.25) is 0 Å². The molecule has 1 aliphatic rings. The number of aryl methyl sites for hydroxylation is 1. The van der Waals surface area contributed by atoms with Gasteiger partial charge in [-0.3, -0.25) is 9.59 Å². The van der Waals surface area contributed by atoms with Crippen molar-refractivity contribution in [2.24, 2.45) is 5.92 Å². The van der Waals surface area contributed by atoms with Crippen LogP contribution in [0.25, 0.3) is 5.65 Å². The number of hydrogen-bond acceptors (Lipinski definition) is 5. The molecule has 1 amide bonds. The highest BCUT2D eigenvalue weighted by Gasteiger charge is 2.28. The molecule has 1 saturated heterocycles. The zero-order chi connectivity index (χ0) is 21.8. The maximum atomic E-state index is 12.9. The molecule has 1 aliphatic heterocycles. The Morgan fingerprint density at radius 3 is 2.71 bits per heavy atom. The highest BCUT2D eigenvalue weighted by atomic mass is 16.5. The van der Waals surface area contributed by atoms with Crippen molar-refractivity contribution in [3.8, 4) is 5.75 Å². The molecule has 1 fully saturated rings. The normalized spacial score (nSPS) is 14.6. The number of rotatable bonds is 6. The third-order valence-corrected chi connectivity index (χ3v) is 5.52. The number of benzene rings is 1. The highest BCUT2D eigenvalue weighted by Crippen LogP contribution is 2.22. The Labute approximate surface area is 181 Å². The highest BCUT2D eigenvalue weighted by molar-refractivity contribution is 5.94. The number of fused-ring (bicyclic) bond motifs is 1. The summed E-state index contributed by atoms with van der Waals surface area (Å²) in [5, 5.41) is 0. The fourth-order valence-corrected chi connectivity index (χ4v) is 3.86. The third kappa shape index (κ3) is 4.87. The van der Waals surface area contributed by atoms with Crippen LogP contribution in [0.1, 0.15) is 41.4 Å². The summed E-state index contributed by atoms with van der Waals surface area (Å²) >= 11 is 0. The van der Waals surface area contributed by atoms with Gasteiger partial charge in [-0.25, -0.2) is 4.98 Å². The molecule has 31 heavy (non-hydrogen) atoms. The van der Waals surface area contributed by atoms with E-state index in [9.17, 15) is 9.59 Å². The van der Waals surface area contributed by atoms with E-state index in [0.29, 0.717) is 50.5 Å². The Bertz CT molecular complexity index is 1080. The molecule has 162 valence electrons. The zero-order valence-corrected chi connectivity index (χ0v) is 17.9. The largest absolute Gasteiger partial charge is 0.487 e. The molecule has 0 unspecified atom stereocenters. The van der Waals surface area contributed by atoms with Crippen LogP contribution in [0.15, 0.2) is 48.8 Å². The molecule has 4 rings (SSSR count). The van der Waals surface area contributed by atoms with E-state index >= 15 is 0 Å². The molecule has 1 aromatic carbocycles. The first kappa shape index (κ1) is 20.9. The minimum atomic E-state index is -0.160. The average molecular weight is 421 g/mol. The number of ether oxygens (including phenoxy) is 2. The molecule has 2 aromatic heterocycles. The number of nitrogens with zero attached hydrogens (tertiary/aromatic N) is 3. The summed E-state index contributed by atoms with van der Waals surface area (Å²) < 4.78 is 13.0. The maximum Gasteiger partial charge on any atom is 0.309 e. The second-order valence-corrected chi connectivity index (χ2v) is 7.84. The van der Waals surface area contributed by atoms with Gasteiger partial charge in [0.05, 0.1) is 18.2 Å². The van der Waals surface area contributed by atoms with E-state index in [4.69, 9.17) is 9.47 Å². The van der Waals surface area contributed by atoms with Crippen LogP contribution in [-0.4, -0.2) is 45.9 Å². The van der Waals surface area contributed by atoms with E-state index < -0.39 is 0 Å². The van der Waals surface area contributed by atoms with Crippen LogP contribution >= 0.6 is 0 Å². The minimum absolute atomic E-state index is 0.0454. The number of aromatic nitrogens is 2. The molecule has 3 heterocycles. The summed E-state index contributed by atoms with van der Waals surface area (Å²) in [5.74, 6) is 0.302. The molecular weight excluding hydrogens is 394 g/mol. The van der Waals surface area contributed by atoms with Gasteiger partial charge in [0, 0.05) is 31.0 Å². The topological polar surface area (TPSA) is 73.1 Å². The van der Waals surface area contributed by atoms with Crippen LogP contribution < -0.4 is 4.74 Å². The van der Waals surface area contributed by atoms with Gasteiger partial charge in [-0.05, 0) is 56.5 Å². The molecule has 3 aromatic rings. The molecule has 0 radical (unpaired) electrons. The van der Waals surface area contributed by atoms with E-state index in [-0.39, 0.29) is 17.8 Å². The standard InChI is InChI=1S/C24H27N3O4/c1-3-30-24(29)18-9-11-26(12-10-18)23(28)19-5-4-6-21(13-19)31-16-20-15-27-14-17(2)7-8-22(27)25-20/h4-8,13-15,18H,3,9-12,16H2,1-2H3. The Morgan fingerprint density at radius 1 is 1.13 bits per heavy atom. The Balaban J connectivity index is 1.36. The monoisotopic (exact) mass is 421 g/mol. The van der Waals surface area contributed by atoms with Crippen molar-refractivity contribution in [2.75, 3.05) is 19.7 Å². The Kier molecular flexibility index (Phi) is 6.21. The average Bonchev–Trinajstić information content (AvgIpc) is 3.19. The van der Waals surface area contributed by atoms with Crippen molar-refractivity contribution in [2.45, 2.75) is 33.3 Å². The van der Waals surface area contributed by atoms with Gasteiger partial charge in [0.25, 0.3) is 5.91 Å². The molecular formula is C24H27N3O4. The van der Waals surface area contributed by atoms with Gasteiger partial charge in [-0.15, -0.1) is 0 Å². The number of pyridine rings is 1. The molecule has 7 nitrogen and oxygen atoms in total. The molecule has 0 N–H and O–H groups in total. The van der Waals surface area contributed by atoms with E-state index in [0.717, 1.165) is 16.9 Å². The minimum Gasteiger partial charge on any atom is -0.487 e. The Morgan fingerprint density at radius 2 is 1.94 bits per heavy atom. The van der Waals surface area contributed by atoms with Crippen LogP contribution in [-0.2, 0) is 16.1 Å². The zero-order valence-electron chi connectivity index (χ0n) is 17.9. The molecule has 0 bridgehead atoms. The molecule has 0 spiro atoms. The summed E-state index contributed by atoms with van der Waals surface area (Å²) in [5.41, 5.74) is 3.44. The molecule has 0 atom stereocenters. The van der Waals surface area contributed by atoms with Gasteiger partial charge in [0.2, 0.25) is 0 Å². The van der Waals surface area contributed by atoms with E-state index in [2.05, 4.69) is 4.98 Å². The smallest absolute Gasteiger partial charge is 0.309 e. The Hall–Kier alpha value is -3.35. The van der Waals surface area contributed by atoms with Crippen LogP contribution in [0.3, 0.4) is 0 Å². The van der Waals surface area contributed by atoms with Crippen molar-refractivity contribution >= 4 is 17.5 Å². The lowest BCUT2D eigenvalue weighted by molar-refractivity contribution is -0.149. The maximum absolute atomic E-state index is 12.9. The summed E-state index contributed by atoms with van der Waals surface area (Å²) in [7, 11) is 0. The van der Waals surface area contributed by atoms with E-state index in [1.165, 1.54) is 0 Å². The number of esters is 1. The summed E-state index contributed by atoms with van der Waals surface area (Å²) in [6.07, 6.45) is 5.24. The van der Waals surface area contributed by atoms with Gasteiger partial charge in [-0.1, -0.05) is 12.1 Å². The second kappa shape index (κ2) is 9.20. The summed E-state index contributed by atoms with van der Waals surface area (Å²) in [4.78, 5) is 31.2. The number of amides is 1. The van der Waals surface area contributed by atoms with E-state index in [1.54, 1.807) is 17.0 Å². The quantitative estimate of drug-likeness (QED) is 0.568. The molecule has 7 heteroatoms. The lowest BCUT2D eigenvalue weighted by atomic mass is 9.96. The predicted molar refractivity (Wildman–Crippen MR) is 116 cm³/mol. The SMILES string of the molecule is CCOC(=O)C1CCN(C(=O)c2cccc(OCc3cn4cc(C)ccc4n3)c2)CC1. The summed E-state index contributed by atoms with van der Waals surface area (Å²) in [6.45, 7) is 5.66.